The lowest BCUT2D eigenvalue weighted by molar-refractivity contribution is 0.112. The summed E-state index contributed by atoms with van der Waals surface area (Å²) in [7, 11) is 0. The zero-order valence-electron chi connectivity index (χ0n) is 8.49. The number of aldehydes is 1. The van der Waals surface area contributed by atoms with E-state index >= 15 is 0 Å². The monoisotopic (exact) mass is 196 g/mol. The summed E-state index contributed by atoms with van der Waals surface area (Å²) < 4.78 is 0. The lowest BCUT2D eigenvalue weighted by atomic mass is 9.87. The summed E-state index contributed by atoms with van der Waals surface area (Å²) in [6, 6.07) is 10.4. The molecule has 0 N–H and O–H groups in total. The number of rotatable bonds is 1. The van der Waals surface area contributed by atoms with Gasteiger partial charge in [-0.2, -0.15) is 0 Å². The molecule has 0 saturated heterocycles. The van der Waals surface area contributed by atoms with Gasteiger partial charge in [0.15, 0.2) is 0 Å². The molecule has 0 bridgehead atoms. The highest BCUT2D eigenvalue weighted by molar-refractivity contribution is 5.94. The molecule has 1 heteroatoms. The van der Waals surface area contributed by atoms with Crippen LogP contribution < -0.4 is 0 Å². The predicted molar refractivity (Wildman–Crippen MR) is 61.4 cm³/mol. The predicted octanol–water partition coefficient (Wildman–Crippen LogP) is 3.14. The maximum atomic E-state index is 10.8. The summed E-state index contributed by atoms with van der Waals surface area (Å²) in [5, 5.41) is 2.60. The fraction of sp³-hybridized carbons (Fsp3) is 0.214. The van der Waals surface area contributed by atoms with E-state index in [1.165, 1.54) is 34.7 Å². The van der Waals surface area contributed by atoms with Gasteiger partial charge in [-0.3, -0.25) is 4.79 Å². The van der Waals surface area contributed by atoms with E-state index in [-0.39, 0.29) is 0 Å². The molecular weight excluding hydrogens is 184 g/mol. The Hall–Kier alpha value is -1.63. The van der Waals surface area contributed by atoms with Crippen LogP contribution in [0.15, 0.2) is 30.3 Å². The van der Waals surface area contributed by atoms with Gasteiger partial charge in [-0.25, -0.2) is 0 Å². The van der Waals surface area contributed by atoms with Crippen LogP contribution in [0.4, 0.5) is 0 Å². The smallest absolute Gasteiger partial charge is 0.150 e. The van der Waals surface area contributed by atoms with Crippen LogP contribution >= 0.6 is 0 Å². The summed E-state index contributed by atoms with van der Waals surface area (Å²) in [5.41, 5.74) is 3.58. The minimum absolute atomic E-state index is 0.802. The van der Waals surface area contributed by atoms with Crippen LogP contribution in [0.5, 0.6) is 0 Å². The molecule has 1 nitrogen and oxygen atoms in total. The lowest BCUT2D eigenvalue weighted by Crippen LogP contribution is -2.02. The highest BCUT2D eigenvalue weighted by Crippen LogP contribution is 2.30. The normalized spacial score (nSPS) is 14.1. The van der Waals surface area contributed by atoms with Gasteiger partial charge in [-0.15, -0.1) is 0 Å². The van der Waals surface area contributed by atoms with E-state index < -0.39 is 0 Å². The van der Waals surface area contributed by atoms with Gasteiger partial charge >= 0.3 is 0 Å². The molecule has 15 heavy (non-hydrogen) atoms. The van der Waals surface area contributed by atoms with Crippen molar-refractivity contribution in [2.24, 2.45) is 0 Å². The third-order valence-corrected chi connectivity index (χ3v) is 3.20. The lowest BCUT2D eigenvalue weighted by Gasteiger charge is -2.17. The third-order valence-electron chi connectivity index (χ3n) is 3.20. The zero-order chi connectivity index (χ0) is 10.3. The van der Waals surface area contributed by atoms with Crippen molar-refractivity contribution in [1.29, 1.82) is 0 Å². The second-order valence-electron chi connectivity index (χ2n) is 4.17. The molecule has 0 amide bonds. The topological polar surface area (TPSA) is 17.1 Å². The van der Waals surface area contributed by atoms with E-state index in [2.05, 4.69) is 18.2 Å². The molecule has 0 radical (unpaired) electrons. The SMILES string of the molecule is O=Cc1cc2c3c(cccc3c1)CCC2. The van der Waals surface area contributed by atoms with Gasteiger partial charge in [-0.05, 0) is 53.3 Å². The Kier molecular flexibility index (Phi) is 1.84. The molecule has 0 aliphatic heterocycles. The molecule has 0 atom stereocenters. The van der Waals surface area contributed by atoms with E-state index in [0.717, 1.165) is 18.3 Å². The Morgan fingerprint density at radius 3 is 2.80 bits per heavy atom. The summed E-state index contributed by atoms with van der Waals surface area (Å²) in [4.78, 5) is 10.8. The summed E-state index contributed by atoms with van der Waals surface area (Å²) in [5.74, 6) is 0. The van der Waals surface area contributed by atoms with E-state index in [1.54, 1.807) is 0 Å². The van der Waals surface area contributed by atoms with Crippen molar-refractivity contribution in [3.63, 3.8) is 0 Å². The highest BCUT2D eigenvalue weighted by atomic mass is 16.1. The first-order valence-electron chi connectivity index (χ1n) is 5.38. The summed E-state index contributed by atoms with van der Waals surface area (Å²) >= 11 is 0. The molecule has 0 fully saturated rings. The molecule has 0 spiro atoms. The molecule has 3 rings (SSSR count). The largest absolute Gasteiger partial charge is 0.298 e. The Morgan fingerprint density at radius 1 is 1.07 bits per heavy atom. The van der Waals surface area contributed by atoms with Crippen LogP contribution in [0.3, 0.4) is 0 Å². The molecule has 0 aromatic heterocycles. The first kappa shape index (κ1) is 8.66. The van der Waals surface area contributed by atoms with Crippen LogP contribution in [0.2, 0.25) is 0 Å². The molecule has 74 valence electrons. The molecule has 0 saturated carbocycles. The quantitative estimate of drug-likeness (QED) is 0.640. The van der Waals surface area contributed by atoms with E-state index in [4.69, 9.17) is 0 Å². The van der Waals surface area contributed by atoms with Gasteiger partial charge in [0.05, 0.1) is 0 Å². The van der Waals surface area contributed by atoms with Crippen molar-refractivity contribution in [2.75, 3.05) is 0 Å². The van der Waals surface area contributed by atoms with Crippen molar-refractivity contribution in [1.82, 2.24) is 0 Å². The molecular formula is C14H12O. The molecule has 1 aliphatic carbocycles. The van der Waals surface area contributed by atoms with Crippen molar-refractivity contribution < 1.29 is 4.79 Å². The fourth-order valence-electron chi connectivity index (χ4n) is 2.57. The number of aryl methyl sites for hydroxylation is 2. The number of carbonyl (C=O) groups is 1. The molecule has 1 aliphatic rings. The second-order valence-corrected chi connectivity index (χ2v) is 4.17. The second kappa shape index (κ2) is 3.20. The summed E-state index contributed by atoms with van der Waals surface area (Å²) in [6.07, 6.45) is 4.42. The Balaban J connectivity index is 2.43. The van der Waals surface area contributed by atoms with E-state index in [1.807, 2.05) is 12.1 Å². The Bertz CT molecular complexity index is 540. The van der Waals surface area contributed by atoms with Crippen molar-refractivity contribution >= 4 is 17.1 Å². The third kappa shape index (κ3) is 1.27. The minimum Gasteiger partial charge on any atom is -0.298 e. The fourth-order valence-corrected chi connectivity index (χ4v) is 2.57. The minimum atomic E-state index is 0.802. The molecule has 2 aromatic rings. The van der Waals surface area contributed by atoms with Crippen molar-refractivity contribution in [2.45, 2.75) is 19.3 Å². The summed E-state index contributed by atoms with van der Waals surface area (Å²) in [6.45, 7) is 0. The van der Waals surface area contributed by atoms with Crippen molar-refractivity contribution in [3.8, 4) is 0 Å². The number of carbonyl (C=O) groups excluding carboxylic acids is 1. The van der Waals surface area contributed by atoms with Crippen LogP contribution in [-0.2, 0) is 12.8 Å². The van der Waals surface area contributed by atoms with Gasteiger partial charge < -0.3 is 0 Å². The van der Waals surface area contributed by atoms with Crippen LogP contribution in [0.1, 0.15) is 27.9 Å². The highest BCUT2D eigenvalue weighted by Gasteiger charge is 2.12. The molecule has 2 aromatic carbocycles. The van der Waals surface area contributed by atoms with Gasteiger partial charge in [0.25, 0.3) is 0 Å². The standard InChI is InChI=1S/C14H12O/c15-9-10-7-12-5-1-3-11-4-2-6-13(8-10)14(11)12/h1,3,5,7-9H,2,4,6H2. The van der Waals surface area contributed by atoms with Crippen LogP contribution in [0.25, 0.3) is 10.8 Å². The number of benzene rings is 2. The van der Waals surface area contributed by atoms with E-state index in [9.17, 15) is 4.79 Å². The average Bonchev–Trinajstić information content (AvgIpc) is 2.29. The first-order chi connectivity index (χ1) is 7.38. The van der Waals surface area contributed by atoms with E-state index in [0.29, 0.717) is 0 Å². The average molecular weight is 196 g/mol. The first-order valence-corrected chi connectivity index (χ1v) is 5.38. The molecule has 0 unspecified atom stereocenters. The zero-order valence-corrected chi connectivity index (χ0v) is 8.49. The van der Waals surface area contributed by atoms with Gasteiger partial charge in [0.2, 0.25) is 0 Å². The van der Waals surface area contributed by atoms with Gasteiger partial charge in [0, 0.05) is 5.56 Å². The van der Waals surface area contributed by atoms with Gasteiger partial charge in [0.1, 0.15) is 6.29 Å². The molecule has 0 heterocycles. The van der Waals surface area contributed by atoms with Crippen LogP contribution in [0, 0.1) is 0 Å². The maximum Gasteiger partial charge on any atom is 0.150 e. The Morgan fingerprint density at radius 2 is 1.93 bits per heavy atom. The number of hydrogen-bond acceptors (Lipinski definition) is 1. The van der Waals surface area contributed by atoms with Crippen LogP contribution in [-0.4, -0.2) is 6.29 Å². The van der Waals surface area contributed by atoms with Crippen molar-refractivity contribution in [3.05, 3.63) is 47.0 Å². The van der Waals surface area contributed by atoms with Gasteiger partial charge in [-0.1, -0.05) is 18.2 Å². The maximum absolute atomic E-state index is 10.8. The number of hydrogen-bond donors (Lipinski definition) is 0. The Labute approximate surface area is 88.7 Å².